The Labute approximate surface area is 99.7 Å². The van der Waals surface area contributed by atoms with Crippen LogP contribution in [0.4, 0.5) is 0 Å². The third-order valence-electron chi connectivity index (χ3n) is 2.68. The molecular weight excluding hydrogens is 220 g/mol. The molecule has 4 nitrogen and oxygen atoms in total. The molecule has 0 atom stereocenters. The number of fused-ring (bicyclic) bond motifs is 1. The van der Waals surface area contributed by atoms with Crippen molar-refractivity contribution in [3.63, 3.8) is 0 Å². The Kier molecular flexibility index (Phi) is 3.46. The molecule has 86 valence electrons. The highest BCUT2D eigenvalue weighted by molar-refractivity contribution is 7.98. The van der Waals surface area contributed by atoms with Gasteiger partial charge in [-0.25, -0.2) is 9.50 Å². The van der Waals surface area contributed by atoms with Crippen LogP contribution in [0.3, 0.4) is 0 Å². The van der Waals surface area contributed by atoms with Crippen LogP contribution in [0.25, 0.3) is 5.52 Å². The quantitative estimate of drug-likeness (QED) is 0.759. The highest BCUT2D eigenvalue weighted by Gasteiger charge is 2.10. The van der Waals surface area contributed by atoms with Crippen molar-refractivity contribution in [2.75, 3.05) is 19.8 Å². The number of hydrogen-bond acceptors (Lipinski definition) is 4. The monoisotopic (exact) mass is 236 g/mol. The van der Waals surface area contributed by atoms with Crippen LogP contribution < -0.4 is 0 Å². The van der Waals surface area contributed by atoms with Gasteiger partial charge in [-0.3, -0.25) is 0 Å². The molecule has 0 saturated carbocycles. The molecule has 0 fully saturated rings. The Morgan fingerprint density at radius 1 is 1.50 bits per heavy atom. The van der Waals surface area contributed by atoms with Gasteiger partial charge in [-0.2, -0.15) is 5.10 Å². The zero-order valence-electron chi connectivity index (χ0n) is 9.84. The lowest BCUT2D eigenvalue weighted by atomic mass is 10.2. The number of aromatic nitrogens is 3. The number of thioether (sulfide) groups is 1. The lowest BCUT2D eigenvalue weighted by molar-refractivity contribution is 0.347. The van der Waals surface area contributed by atoms with Gasteiger partial charge in [0.2, 0.25) is 0 Å². The van der Waals surface area contributed by atoms with E-state index >= 15 is 0 Å². The molecule has 0 amide bonds. The summed E-state index contributed by atoms with van der Waals surface area (Å²) >= 11 is 1.66. The standard InChI is InChI=1S/C11H16N4S/c1-4-14(2)7-9-5-6-15-10(9)11(16-3)12-8-13-15/h5-6,8H,4,7H2,1-3H3. The molecule has 0 radical (unpaired) electrons. The van der Waals surface area contributed by atoms with Gasteiger partial charge in [-0.15, -0.1) is 11.8 Å². The number of rotatable bonds is 4. The molecule has 0 N–H and O–H groups in total. The van der Waals surface area contributed by atoms with Gasteiger partial charge in [-0.1, -0.05) is 6.92 Å². The summed E-state index contributed by atoms with van der Waals surface area (Å²) in [5.74, 6) is 0. The van der Waals surface area contributed by atoms with Crippen molar-refractivity contribution in [3.05, 3.63) is 24.2 Å². The zero-order chi connectivity index (χ0) is 11.5. The van der Waals surface area contributed by atoms with Crippen LogP contribution in [0.15, 0.2) is 23.6 Å². The van der Waals surface area contributed by atoms with Crippen LogP contribution in [0.5, 0.6) is 0 Å². The third kappa shape index (κ3) is 2.05. The molecule has 0 aliphatic carbocycles. The summed E-state index contributed by atoms with van der Waals surface area (Å²) in [5.41, 5.74) is 2.42. The molecule has 0 spiro atoms. The van der Waals surface area contributed by atoms with Crippen molar-refractivity contribution in [2.45, 2.75) is 18.5 Å². The summed E-state index contributed by atoms with van der Waals surface area (Å²) in [6.07, 6.45) is 5.64. The van der Waals surface area contributed by atoms with Gasteiger partial charge in [-0.05, 0) is 31.5 Å². The Morgan fingerprint density at radius 3 is 3.00 bits per heavy atom. The topological polar surface area (TPSA) is 33.4 Å². The smallest absolute Gasteiger partial charge is 0.137 e. The molecule has 16 heavy (non-hydrogen) atoms. The highest BCUT2D eigenvalue weighted by atomic mass is 32.2. The first-order valence-electron chi connectivity index (χ1n) is 5.30. The Hall–Kier alpha value is -1.07. The van der Waals surface area contributed by atoms with E-state index in [1.54, 1.807) is 18.1 Å². The summed E-state index contributed by atoms with van der Waals surface area (Å²) in [5, 5.41) is 5.26. The molecule has 0 aromatic carbocycles. The Morgan fingerprint density at radius 2 is 2.31 bits per heavy atom. The van der Waals surface area contributed by atoms with Crippen LogP contribution >= 0.6 is 11.8 Å². The van der Waals surface area contributed by atoms with E-state index in [2.05, 4.69) is 35.0 Å². The summed E-state index contributed by atoms with van der Waals surface area (Å²) in [4.78, 5) is 6.57. The summed E-state index contributed by atoms with van der Waals surface area (Å²) < 4.78 is 1.90. The minimum atomic E-state index is 0.938. The predicted molar refractivity (Wildman–Crippen MR) is 66.8 cm³/mol. The van der Waals surface area contributed by atoms with Gasteiger partial charge in [0, 0.05) is 12.7 Å². The molecule has 5 heteroatoms. The van der Waals surface area contributed by atoms with Gasteiger partial charge in [0.05, 0.1) is 0 Å². The second kappa shape index (κ2) is 4.84. The van der Waals surface area contributed by atoms with Gasteiger partial charge < -0.3 is 4.90 Å². The van der Waals surface area contributed by atoms with Crippen LogP contribution in [0.2, 0.25) is 0 Å². The molecule has 0 unspecified atom stereocenters. The number of hydrogen-bond donors (Lipinski definition) is 0. The molecule has 2 rings (SSSR count). The normalized spacial score (nSPS) is 11.5. The lowest BCUT2D eigenvalue weighted by Crippen LogP contribution is -2.16. The molecule has 0 aliphatic rings. The van der Waals surface area contributed by atoms with E-state index in [0.29, 0.717) is 0 Å². The van der Waals surface area contributed by atoms with Crippen molar-refractivity contribution < 1.29 is 0 Å². The van der Waals surface area contributed by atoms with E-state index in [9.17, 15) is 0 Å². The van der Waals surface area contributed by atoms with E-state index in [-0.39, 0.29) is 0 Å². The highest BCUT2D eigenvalue weighted by Crippen LogP contribution is 2.22. The first-order valence-corrected chi connectivity index (χ1v) is 6.52. The molecule has 2 aromatic rings. The van der Waals surface area contributed by atoms with Crippen molar-refractivity contribution in [1.29, 1.82) is 0 Å². The number of nitrogens with zero attached hydrogens (tertiary/aromatic N) is 4. The molecular formula is C11H16N4S. The average Bonchev–Trinajstić information content (AvgIpc) is 2.72. The van der Waals surface area contributed by atoms with Crippen LogP contribution in [0.1, 0.15) is 12.5 Å². The minimum absolute atomic E-state index is 0.938. The van der Waals surface area contributed by atoms with Gasteiger partial charge >= 0.3 is 0 Å². The second-order valence-electron chi connectivity index (χ2n) is 3.73. The summed E-state index contributed by atoms with van der Waals surface area (Å²) in [6.45, 7) is 4.14. The summed E-state index contributed by atoms with van der Waals surface area (Å²) in [6, 6.07) is 2.12. The van der Waals surface area contributed by atoms with Crippen molar-refractivity contribution in [3.8, 4) is 0 Å². The van der Waals surface area contributed by atoms with E-state index in [0.717, 1.165) is 23.6 Å². The maximum Gasteiger partial charge on any atom is 0.137 e. The second-order valence-corrected chi connectivity index (χ2v) is 4.53. The Bertz CT molecular complexity index is 480. The van der Waals surface area contributed by atoms with E-state index < -0.39 is 0 Å². The first kappa shape index (κ1) is 11.4. The van der Waals surface area contributed by atoms with E-state index in [1.807, 2.05) is 17.0 Å². The van der Waals surface area contributed by atoms with Gasteiger partial charge in [0.1, 0.15) is 16.9 Å². The maximum absolute atomic E-state index is 4.30. The average molecular weight is 236 g/mol. The van der Waals surface area contributed by atoms with Crippen molar-refractivity contribution in [1.82, 2.24) is 19.5 Å². The molecule has 0 aliphatic heterocycles. The molecule has 2 heterocycles. The van der Waals surface area contributed by atoms with E-state index in [1.165, 1.54) is 5.56 Å². The molecule has 2 aromatic heterocycles. The minimum Gasteiger partial charge on any atom is -0.302 e. The molecule has 0 saturated heterocycles. The van der Waals surface area contributed by atoms with Crippen LogP contribution in [-0.2, 0) is 6.54 Å². The zero-order valence-corrected chi connectivity index (χ0v) is 10.7. The molecule has 0 bridgehead atoms. The lowest BCUT2D eigenvalue weighted by Gasteiger charge is -2.13. The van der Waals surface area contributed by atoms with Crippen LogP contribution in [0, 0.1) is 0 Å². The van der Waals surface area contributed by atoms with Gasteiger partial charge in [0.15, 0.2) is 0 Å². The maximum atomic E-state index is 4.30. The third-order valence-corrected chi connectivity index (χ3v) is 3.36. The largest absolute Gasteiger partial charge is 0.302 e. The Balaban J connectivity index is 2.45. The van der Waals surface area contributed by atoms with Crippen molar-refractivity contribution in [2.24, 2.45) is 0 Å². The SMILES string of the molecule is CCN(C)Cc1ccn2ncnc(SC)c12. The summed E-state index contributed by atoms with van der Waals surface area (Å²) in [7, 11) is 2.12. The fraction of sp³-hybridized carbons (Fsp3) is 0.455. The van der Waals surface area contributed by atoms with E-state index in [4.69, 9.17) is 0 Å². The van der Waals surface area contributed by atoms with Gasteiger partial charge in [0.25, 0.3) is 0 Å². The fourth-order valence-corrected chi connectivity index (χ4v) is 2.24. The first-order chi connectivity index (χ1) is 7.76. The van der Waals surface area contributed by atoms with Crippen LogP contribution in [-0.4, -0.2) is 39.3 Å². The fourth-order valence-electron chi connectivity index (χ4n) is 1.67. The van der Waals surface area contributed by atoms with Crippen molar-refractivity contribution >= 4 is 17.3 Å². The predicted octanol–water partition coefficient (Wildman–Crippen LogP) is 1.90.